The fourth-order valence-corrected chi connectivity index (χ4v) is 2.00. The van der Waals surface area contributed by atoms with E-state index < -0.39 is 0 Å². The lowest BCUT2D eigenvalue weighted by Crippen LogP contribution is -2.40. The molecule has 0 saturated carbocycles. The quantitative estimate of drug-likeness (QED) is 0.841. The predicted octanol–water partition coefficient (Wildman–Crippen LogP) is 2.49. The summed E-state index contributed by atoms with van der Waals surface area (Å²) in [5.41, 5.74) is 7.02. The van der Waals surface area contributed by atoms with E-state index in [1.807, 2.05) is 33.0 Å². The zero-order valence-electron chi connectivity index (χ0n) is 13.3. The van der Waals surface area contributed by atoms with Crippen LogP contribution in [0, 0.1) is 5.92 Å². The van der Waals surface area contributed by atoms with Crippen LogP contribution in [0.2, 0.25) is 0 Å². The van der Waals surface area contributed by atoms with Gasteiger partial charge in [0.25, 0.3) is 0 Å². The number of methoxy groups -OCH3 is 1. The molecule has 0 aliphatic carbocycles. The number of carbonyl (C=O) groups excluding carboxylic acids is 1. The number of hydrogen-bond donors (Lipinski definition) is 1. The van der Waals surface area contributed by atoms with Crippen molar-refractivity contribution in [2.24, 2.45) is 11.7 Å². The average molecular weight is 315 g/mol. The Morgan fingerprint density at radius 2 is 1.86 bits per heavy atom. The molecule has 1 aromatic carbocycles. The molecular weight excluding hydrogens is 288 g/mol. The second-order valence-electron chi connectivity index (χ2n) is 5.36. The fraction of sp³-hybridized carbons (Fsp3) is 0.562. The van der Waals surface area contributed by atoms with Crippen molar-refractivity contribution in [3.05, 3.63) is 29.8 Å². The van der Waals surface area contributed by atoms with Crippen molar-refractivity contribution in [3.8, 4) is 5.75 Å². The van der Waals surface area contributed by atoms with Crippen LogP contribution < -0.4 is 10.5 Å². The molecule has 120 valence electrons. The van der Waals surface area contributed by atoms with E-state index in [2.05, 4.69) is 12.1 Å². The third-order valence-corrected chi connectivity index (χ3v) is 3.67. The van der Waals surface area contributed by atoms with E-state index in [1.165, 1.54) is 5.56 Å². The number of rotatable bonds is 7. The lowest BCUT2D eigenvalue weighted by Gasteiger charge is -2.23. The number of ether oxygens (including phenoxy) is 1. The van der Waals surface area contributed by atoms with Crippen LogP contribution in [-0.4, -0.2) is 37.6 Å². The molecule has 2 atom stereocenters. The molecule has 0 fully saturated rings. The molecule has 0 aromatic heterocycles. The van der Waals surface area contributed by atoms with Gasteiger partial charge in [-0.2, -0.15) is 0 Å². The first-order valence-electron chi connectivity index (χ1n) is 7.09. The predicted molar refractivity (Wildman–Crippen MR) is 89.0 cm³/mol. The first-order chi connectivity index (χ1) is 9.45. The molecule has 2 N–H and O–H groups in total. The second kappa shape index (κ2) is 9.64. The van der Waals surface area contributed by atoms with Crippen molar-refractivity contribution in [2.75, 3.05) is 20.7 Å². The molecule has 0 aliphatic heterocycles. The molecule has 4 nitrogen and oxygen atoms in total. The second-order valence-corrected chi connectivity index (χ2v) is 5.36. The van der Waals surface area contributed by atoms with Gasteiger partial charge in [-0.15, -0.1) is 12.4 Å². The minimum absolute atomic E-state index is 0. The Kier molecular flexibility index (Phi) is 9.06. The Balaban J connectivity index is 0.00000400. The fourth-order valence-electron chi connectivity index (χ4n) is 2.00. The summed E-state index contributed by atoms with van der Waals surface area (Å²) in [6.45, 7) is 4.50. The van der Waals surface area contributed by atoms with Crippen molar-refractivity contribution in [1.29, 1.82) is 0 Å². The summed E-state index contributed by atoms with van der Waals surface area (Å²) >= 11 is 0. The van der Waals surface area contributed by atoms with E-state index in [0.717, 1.165) is 25.1 Å². The number of nitrogens with zero attached hydrogens (tertiary/aromatic N) is 1. The van der Waals surface area contributed by atoms with E-state index in [4.69, 9.17) is 10.5 Å². The highest BCUT2D eigenvalue weighted by Crippen LogP contribution is 2.13. The molecule has 0 radical (unpaired) electrons. The summed E-state index contributed by atoms with van der Waals surface area (Å²) in [7, 11) is 3.50. The summed E-state index contributed by atoms with van der Waals surface area (Å²) in [5.74, 6) is 0.863. The van der Waals surface area contributed by atoms with Gasteiger partial charge in [0.2, 0.25) is 5.91 Å². The zero-order chi connectivity index (χ0) is 15.1. The highest BCUT2D eigenvalue weighted by Gasteiger charge is 2.20. The van der Waals surface area contributed by atoms with Crippen LogP contribution in [0.3, 0.4) is 0 Å². The van der Waals surface area contributed by atoms with Crippen LogP contribution in [0.4, 0.5) is 0 Å². The topological polar surface area (TPSA) is 55.6 Å². The van der Waals surface area contributed by atoms with Gasteiger partial charge in [-0.05, 0) is 37.5 Å². The summed E-state index contributed by atoms with van der Waals surface area (Å²) in [6.07, 6.45) is 1.90. The molecule has 5 heteroatoms. The Morgan fingerprint density at radius 1 is 1.29 bits per heavy atom. The van der Waals surface area contributed by atoms with Crippen molar-refractivity contribution in [2.45, 2.75) is 32.7 Å². The lowest BCUT2D eigenvalue weighted by atomic mass is 10.0. The van der Waals surface area contributed by atoms with Gasteiger partial charge in [0, 0.05) is 19.6 Å². The highest BCUT2D eigenvalue weighted by molar-refractivity contribution is 5.85. The number of nitrogens with two attached hydrogens (primary N) is 1. The van der Waals surface area contributed by atoms with Crippen molar-refractivity contribution < 1.29 is 9.53 Å². The minimum Gasteiger partial charge on any atom is -0.497 e. The number of amides is 1. The number of hydrogen-bond acceptors (Lipinski definition) is 3. The van der Waals surface area contributed by atoms with Crippen molar-refractivity contribution in [3.63, 3.8) is 0 Å². The first kappa shape index (κ1) is 19.7. The van der Waals surface area contributed by atoms with Crippen LogP contribution >= 0.6 is 12.4 Å². The largest absolute Gasteiger partial charge is 0.497 e. The first-order valence-corrected chi connectivity index (χ1v) is 7.09. The van der Waals surface area contributed by atoms with Crippen LogP contribution in [0.1, 0.15) is 25.8 Å². The maximum absolute atomic E-state index is 12.0. The number of benzene rings is 1. The van der Waals surface area contributed by atoms with Gasteiger partial charge in [-0.3, -0.25) is 4.79 Å². The Morgan fingerprint density at radius 3 is 2.33 bits per heavy atom. The molecule has 1 amide bonds. The van der Waals surface area contributed by atoms with Gasteiger partial charge >= 0.3 is 0 Å². The van der Waals surface area contributed by atoms with Crippen molar-refractivity contribution in [1.82, 2.24) is 4.90 Å². The Bertz CT molecular complexity index is 421. The lowest BCUT2D eigenvalue weighted by molar-refractivity contribution is -0.134. The van der Waals surface area contributed by atoms with Crippen LogP contribution in [0.5, 0.6) is 5.75 Å². The summed E-state index contributed by atoms with van der Waals surface area (Å²) in [4.78, 5) is 13.8. The summed E-state index contributed by atoms with van der Waals surface area (Å²) in [5, 5.41) is 0. The molecule has 1 rings (SSSR count). The molecule has 0 bridgehead atoms. The van der Waals surface area contributed by atoms with Gasteiger partial charge in [-0.25, -0.2) is 0 Å². The number of aryl methyl sites for hydroxylation is 1. The third kappa shape index (κ3) is 6.36. The molecule has 21 heavy (non-hydrogen) atoms. The maximum Gasteiger partial charge on any atom is 0.226 e. The molecule has 2 unspecified atom stereocenters. The summed E-state index contributed by atoms with van der Waals surface area (Å²) < 4.78 is 5.13. The molecule has 0 heterocycles. The smallest absolute Gasteiger partial charge is 0.226 e. The normalized spacial score (nSPS) is 13.0. The van der Waals surface area contributed by atoms with Crippen LogP contribution in [-0.2, 0) is 11.2 Å². The standard InChI is InChI=1S/C16H26N2O2.ClH/c1-12(13(2)17)16(19)18(3)11-5-6-14-7-9-15(20-4)10-8-14;/h7-10,12-13H,5-6,11,17H2,1-4H3;1H. The maximum atomic E-state index is 12.0. The van der Waals surface area contributed by atoms with Gasteiger partial charge in [0.1, 0.15) is 5.75 Å². The van der Waals surface area contributed by atoms with Crippen LogP contribution in [0.25, 0.3) is 0 Å². The SMILES string of the molecule is COc1ccc(CCCN(C)C(=O)C(C)C(C)N)cc1.Cl. The summed E-state index contributed by atoms with van der Waals surface area (Å²) in [6, 6.07) is 7.94. The minimum atomic E-state index is -0.124. The zero-order valence-corrected chi connectivity index (χ0v) is 14.2. The third-order valence-electron chi connectivity index (χ3n) is 3.67. The number of halogens is 1. The van der Waals surface area contributed by atoms with E-state index in [0.29, 0.717) is 0 Å². The monoisotopic (exact) mass is 314 g/mol. The van der Waals surface area contributed by atoms with E-state index >= 15 is 0 Å². The number of carbonyl (C=O) groups is 1. The molecule has 0 aliphatic rings. The Hall–Kier alpha value is -1.26. The highest BCUT2D eigenvalue weighted by atomic mass is 35.5. The average Bonchev–Trinajstić information content (AvgIpc) is 2.46. The molecule has 0 saturated heterocycles. The Labute approximate surface area is 134 Å². The van der Waals surface area contributed by atoms with Gasteiger partial charge in [0.15, 0.2) is 0 Å². The molecular formula is C16H27ClN2O2. The van der Waals surface area contributed by atoms with E-state index in [1.54, 1.807) is 12.0 Å². The van der Waals surface area contributed by atoms with E-state index in [9.17, 15) is 4.79 Å². The van der Waals surface area contributed by atoms with E-state index in [-0.39, 0.29) is 30.3 Å². The van der Waals surface area contributed by atoms with Gasteiger partial charge in [0.05, 0.1) is 13.0 Å². The molecule has 0 spiro atoms. The van der Waals surface area contributed by atoms with Gasteiger partial charge in [-0.1, -0.05) is 19.1 Å². The van der Waals surface area contributed by atoms with Gasteiger partial charge < -0.3 is 15.4 Å². The van der Waals surface area contributed by atoms with Crippen molar-refractivity contribution >= 4 is 18.3 Å². The van der Waals surface area contributed by atoms with Crippen LogP contribution in [0.15, 0.2) is 24.3 Å². The molecule has 1 aromatic rings.